The Labute approximate surface area is 159 Å². The van der Waals surface area contributed by atoms with Crippen molar-refractivity contribution in [3.05, 3.63) is 28.8 Å². The van der Waals surface area contributed by atoms with E-state index < -0.39 is 0 Å². The van der Waals surface area contributed by atoms with Crippen molar-refractivity contribution in [1.29, 1.82) is 0 Å². The lowest BCUT2D eigenvalue weighted by Gasteiger charge is -2.56. The predicted molar refractivity (Wildman–Crippen MR) is 106 cm³/mol. The summed E-state index contributed by atoms with van der Waals surface area (Å²) in [7, 11) is 0. The van der Waals surface area contributed by atoms with Crippen molar-refractivity contribution in [3.63, 3.8) is 0 Å². The number of carbonyl (C=O) groups excluding carboxylic acids is 1. The molecule has 0 unspecified atom stereocenters. The Morgan fingerprint density at radius 2 is 1.80 bits per heavy atom. The first-order valence-corrected chi connectivity index (χ1v) is 10.1. The van der Waals surface area contributed by atoms with Crippen molar-refractivity contribution in [2.75, 3.05) is 5.32 Å². The van der Waals surface area contributed by atoms with Crippen LogP contribution in [0, 0.1) is 30.1 Å². The van der Waals surface area contributed by atoms with E-state index in [4.69, 9.17) is 23.8 Å². The maximum absolute atomic E-state index is 12.6. The van der Waals surface area contributed by atoms with Crippen molar-refractivity contribution in [1.82, 2.24) is 5.32 Å². The number of hydrogen-bond donors (Lipinski definition) is 2. The largest absolute Gasteiger partial charge is 0.332 e. The van der Waals surface area contributed by atoms with Gasteiger partial charge in [0.05, 0.1) is 0 Å². The number of rotatable bonds is 3. The maximum atomic E-state index is 12.6. The molecule has 5 rings (SSSR count). The summed E-state index contributed by atoms with van der Waals surface area (Å²) in [6.45, 7) is 1.98. The summed E-state index contributed by atoms with van der Waals surface area (Å²) in [5.41, 5.74) is 2.12. The van der Waals surface area contributed by atoms with Crippen LogP contribution in [-0.2, 0) is 4.79 Å². The highest BCUT2D eigenvalue weighted by molar-refractivity contribution is 7.80. The summed E-state index contributed by atoms with van der Waals surface area (Å²) in [6, 6.07) is 5.61. The van der Waals surface area contributed by atoms with Crippen molar-refractivity contribution < 1.29 is 4.79 Å². The highest BCUT2D eigenvalue weighted by Gasteiger charge is 2.51. The molecule has 2 N–H and O–H groups in total. The van der Waals surface area contributed by atoms with E-state index in [1.807, 2.05) is 25.1 Å². The molecule has 1 aromatic carbocycles. The quantitative estimate of drug-likeness (QED) is 0.724. The van der Waals surface area contributed by atoms with Gasteiger partial charge in [0.2, 0.25) is 5.91 Å². The molecule has 0 atom stereocenters. The zero-order valence-electron chi connectivity index (χ0n) is 14.6. The van der Waals surface area contributed by atoms with Crippen LogP contribution in [0.4, 0.5) is 5.69 Å². The van der Waals surface area contributed by atoms with E-state index in [0.29, 0.717) is 16.6 Å². The minimum atomic E-state index is 0.0548. The third-order valence-corrected chi connectivity index (χ3v) is 6.84. The molecule has 0 aliphatic heterocycles. The average Bonchev–Trinajstić information content (AvgIpc) is 2.48. The number of aryl methyl sites for hydroxylation is 1. The fraction of sp³-hybridized carbons (Fsp3) is 0.600. The van der Waals surface area contributed by atoms with E-state index in [1.54, 1.807) is 0 Å². The summed E-state index contributed by atoms with van der Waals surface area (Å²) >= 11 is 11.4. The molecule has 0 radical (unpaired) electrons. The Bertz CT molecular complexity index is 682. The monoisotopic (exact) mass is 376 g/mol. The number of anilines is 1. The number of thiocarbonyl (C=S) groups is 1. The normalized spacial score (nSPS) is 32.5. The predicted octanol–water partition coefficient (Wildman–Crippen LogP) is 5.07. The SMILES string of the molecule is Cc1ccc(Cl)cc1NC(=S)NC(=O)CC12CC3CC(CC(C3)C1)C2. The van der Waals surface area contributed by atoms with E-state index in [9.17, 15) is 4.79 Å². The number of benzene rings is 1. The van der Waals surface area contributed by atoms with Gasteiger partial charge < -0.3 is 10.6 Å². The lowest BCUT2D eigenvalue weighted by Crippen LogP contribution is -2.48. The van der Waals surface area contributed by atoms with Gasteiger partial charge in [-0.3, -0.25) is 4.79 Å². The first-order valence-electron chi connectivity index (χ1n) is 9.28. The Morgan fingerprint density at radius 1 is 1.20 bits per heavy atom. The molecular weight excluding hydrogens is 352 g/mol. The standard InChI is InChI=1S/C20H25ClN2OS/c1-12-2-3-16(21)7-17(12)22-19(25)23-18(24)11-20-8-13-4-14(9-20)6-15(5-13)10-20/h2-3,7,13-15H,4-6,8-11H2,1H3,(H2,22,23,24,25). The van der Waals surface area contributed by atoms with Gasteiger partial charge in [0.1, 0.15) is 0 Å². The minimum Gasteiger partial charge on any atom is -0.332 e. The van der Waals surface area contributed by atoms with Gasteiger partial charge in [-0.05, 0) is 98.5 Å². The molecule has 4 aliphatic carbocycles. The molecule has 0 heterocycles. The van der Waals surface area contributed by atoms with Crippen LogP contribution in [-0.4, -0.2) is 11.0 Å². The number of carbonyl (C=O) groups is 1. The molecule has 4 fully saturated rings. The second kappa shape index (κ2) is 6.55. The molecule has 4 saturated carbocycles. The van der Waals surface area contributed by atoms with Crippen LogP contribution in [0.25, 0.3) is 0 Å². The maximum Gasteiger partial charge on any atom is 0.226 e. The second-order valence-corrected chi connectivity index (χ2v) is 9.40. The number of halogens is 1. The van der Waals surface area contributed by atoms with Crippen LogP contribution in [0.15, 0.2) is 18.2 Å². The molecule has 1 aromatic rings. The smallest absolute Gasteiger partial charge is 0.226 e. The number of hydrogen-bond acceptors (Lipinski definition) is 2. The van der Waals surface area contributed by atoms with Crippen LogP contribution in [0.1, 0.15) is 50.5 Å². The molecule has 0 aromatic heterocycles. The summed E-state index contributed by atoms with van der Waals surface area (Å²) in [5, 5.41) is 7.00. The Balaban J connectivity index is 1.36. The van der Waals surface area contributed by atoms with Gasteiger partial charge in [-0.15, -0.1) is 0 Å². The van der Waals surface area contributed by atoms with E-state index >= 15 is 0 Å². The Hall–Kier alpha value is -1.13. The first kappa shape index (κ1) is 17.3. The molecule has 25 heavy (non-hydrogen) atoms. The topological polar surface area (TPSA) is 41.1 Å². The third-order valence-electron chi connectivity index (χ3n) is 6.40. The second-order valence-electron chi connectivity index (χ2n) is 8.56. The van der Waals surface area contributed by atoms with Gasteiger partial charge in [-0.2, -0.15) is 0 Å². The van der Waals surface area contributed by atoms with Crippen molar-refractivity contribution in [3.8, 4) is 0 Å². The van der Waals surface area contributed by atoms with Gasteiger partial charge in [-0.25, -0.2) is 0 Å². The molecule has 3 nitrogen and oxygen atoms in total. The number of nitrogens with one attached hydrogen (secondary N) is 2. The first-order chi connectivity index (χ1) is 11.9. The van der Waals surface area contributed by atoms with Crippen LogP contribution in [0.5, 0.6) is 0 Å². The molecule has 4 bridgehead atoms. The highest BCUT2D eigenvalue weighted by atomic mass is 35.5. The van der Waals surface area contributed by atoms with Gasteiger partial charge in [0.15, 0.2) is 5.11 Å². The summed E-state index contributed by atoms with van der Waals surface area (Å²) in [5.74, 6) is 2.63. The van der Waals surface area contributed by atoms with Gasteiger partial charge >= 0.3 is 0 Å². The van der Waals surface area contributed by atoms with Gasteiger partial charge in [0.25, 0.3) is 0 Å². The fourth-order valence-electron chi connectivity index (χ4n) is 5.90. The highest BCUT2D eigenvalue weighted by Crippen LogP contribution is 2.61. The molecule has 1 amide bonds. The molecule has 5 heteroatoms. The van der Waals surface area contributed by atoms with Crippen molar-refractivity contribution >= 4 is 40.5 Å². The molecular formula is C20H25ClN2OS. The lowest BCUT2D eigenvalue weighted by atomic mass is 9.49. The lowest BCUT2D eigenvalue weighted by molar-refractivity contribution is -0.127. The van der Waals surface area contributed by atoms with Gasteiger partial charge in [0, 0.05) is 17.1 Å². The zero-order chi connectivity index (χ0) is 17.6. The molecule has 4 aliphatic rings. The Morgan fingerprint density at radius 3 is 2.40 bits per heavy atom. The fourth-order valence-corrected chi connectivity index (χ4v) is 6.30. The minimum absolute atomic E-state index is 0.0548. The zero-order valence-corrected chi connectivity index (χ0v) is 16.2. The molecule has 0 spiro atoms. The van der Waals surface area contributed by atoms with Crippen LogP contribution in [0.3, 0.4) is 0 Å². The van der Waals surface area contributed by atoms with E-state index in [0.717, 1.165) is 29.0 Å². The van der Waals surface area contributed by atoms with Crippen LogP contribution >= 0.6 is 23.8 Å². The number of amides is 1. The van der Waals surface area contributed by atoms with Crippen LogP contribution in [0.2, 0.25) is 5.02 Å². The molecule has 0 saturated heterocycles. The Kier molecular flexibility index (Phi) is 4.53. The van der Waals surface area contributed by atoms with Crippen molar-refractivity contribution in [2.45, 2.75) is 51.9 Å². The van der Waals surface area contributed by atoms with Gasteiger partial charge in [-0.1, -0.05) is 17.7 Å². The van der Waals surface area contributed by atoms with Crippen molar-refractivity contribution in [2.24, 2.45) is 23.2 Å². The van der Waals surface area contributed by atoms with E-state index in [-0.39, 0.29) is 11.3 Å². The van der Waals surface area contributed by atoms with E-state index in [1.165, 1.54) is 38.5 Å². The average molecular weight is 377 g/mol. The summed E-state index contributed by atoms with van der Waals surface area (Å²) in [4.78, 5) is 12.6. The summed E-state index contributed by atoms with van der Waals surface area (Å²) < 4.78 is 0. The third kappa shape index (κ3) is 3.70. The molecule has 134 valence electrons. The van der Waals surface area contributed by atoms with E-state index in [2.05, 4.69) is 10.6 Å². The summed E-state index contributed by atoms with van der Waals surface area (Å²) in [6.07, 6.45) is 8.52. The van der Waals surface area contributed by atoms with Crippen LogP contribution < -0.4 is 10.6 Å².